The van der Waals surface area contributed by atoms with Gasteiger partial charge in [0.25, 0.3) is 0 Å². The number of halogens is 1. The molecule has 0 radical (unpaired) electrons. The van der Waals surface area contributed by atoms with Crippen LogP contribution in [0.4, 0.5) is 0 Å². The number of thiophene rings is 1. The van der Waals surface area contributed by atoms with Crippen molar-refractivity contribution < 1.29 is 4.74 Å². The minimum absolute atomic E-state index is 0. The van der Waals surface area contributed by atoms with E-state index < -0.39 is 0 Å². The van der Waals surface area contributed by atoms with E-state index in [0.717, 1.165) is 36.9 Å². The van der Waals surface area contributed by atoms with Crippen molar-refractivity contribution in [3.63, 3.8) is 0 Å². The summed E-state index contributed by atoms with van der Waals surface area (Å²) in [6.45, 7) is 4.35. The van der Waals surface area contributed by atoms with Crippen molar-refractivity contribution in [2.24, 2.45) is 4.99 Å². The van der Waals surface area contributed by atoms with E-state index in [0.29, 0.717) is 6.54 Å². The van der Waals surface area contributed by atoms with Gasteiger partial charge in [0.15, 0.2) is 5.96 Å². The quantitative estimate of drug-likeness (QED) is 0.255. The molecule has 2 heterocycles. The van der Waals surface area contributed by atoms with Crippen LogP contribution >= 0.6 is 35.3 Å². The molecule has 0 unspecified atom stereocenters. The normalized spacial score (nSPS) is 10.9. The summed E-state index contributed by atoms with van der Waals surface area (Å²) in [5, 5.41) is 8.85. The number of nitrogens with one attached hydrogen (secondary N) is 2. The van der Waals surface area contributed by atoms with Crippen LogP contribution in [0.2, 0.25) is 0 Å². The Morgan fingerprint density at radius 3 is 2.62 bits per heavy atom. The van der Waals surface area contributed by atoms with E-state index in [2.05, 4.69) is 46.1 Å². The first-order valence-corrected chi connectivity index (χ1v) is 10.3. The highest BCUT2D eigenvalue weighted by Crippen LogP contribution is 2.27. The summed E-state index contributed by atoms with van der Waals surface area (Å²) in [5.41, 5.74) is 3.48. The van der Waals surface area contributed by atoms with Gasteiger partial charge in [-0.2, -0.15) is 0 Å². The van der Waals surface area contributed by atoms with Crippen LogP contribution in [0.25, 0.3) is 11.1 Å². The maximum Gasteiger partial charge on any atom is 0.191 e. The number of rotatable bonds is 8. The molecule has 3 aromatic rings. The third-order valence-electron chi connectivity index (χ3n) is 4.21. The SMILES string of the molecule is CCNC(=NCc1cc(-c2ccc(OC)cc2)cs1)NCCc1ccccn1.I. The van der Waals surface area contributed by atoms with Crippen molar-refractivity contribution >= 4 is 41.3 Å². The smallest absolute Gasteiger partial charge is 0.191 e. The minimum Gasteiger partial charge on any atom is -0.497 e. The molecule has 1 aromatic carbocycles. The van der Waals surface area contributed by atoms with Crippen molar-refractivity contribution in [3.8, 4) is 16.9 Å². The summed E-state index contributed by atoms with van der Waals surface area (Å²) in [5.74, 6) is 1.70. The maximum atomic E-state index is 5.23. The first-order valence-electron chi connectivity index (χ1n) is 9.42. The first kappa shape index (κ1) is 23.2. The Morgan fingerprint density at radius 1 is 1.10 bits per heavy atom. The van der Waals surface area contributed by atoms with E-state index in [1.165, 1.54) is 16.0 Å². The number of pyridine rings is 1. The van der Waals surface area contributed by atoms with Gasteiger partial charge in [0.1, 0.15) is 5.75 Å². The van der Waals surface area contributed by atoms with Crippen molar-refractivity contribution in [2.75, 3.05) is 20.2 Å². The van der Waals surface area contributed by atoms with Gasteiger partial charge in [-0.05, 0) is 53.8 Å². The van der Waals surface area contributed by atoms with Gasteiger partial charge < -0.3 is 15.4 Å². The van der Waals surface area contributed by atoms with Crippen molar-refractivity contribution in [1.29, 1.82) is 0 Å². The minimum atomic E-state index is 0. The molecule has 0 fully saturated rings. The Balaban J connectivity index is 0.00000300. The molecule has 5 nitrogen and oxygen atoms in total. The van der Waals surface area contributed by atoms with Crippen molar-refractivity contribution in [1.82, 2.24) is 15.6 Å². The van der Waals surface area contributed by atoms with E-state index in [4.69, 9.17) is 9.73 Å². The van der Waals surface area contributed by atoms with E-state index >= 15 is 0 Å². The predicted octanol–water partition coefficient (Wildman–Crippen LogP) is 4.73. The highest BCUT2D eigenvalue weighted by molar-refractivity contribution is 14.0. The highest BCUT2D eigenvalue weighted by Gasteiger charge is 2.04. The average Bonchev–Trinajstić information content (AvgIpc) is 3.22. The molecule has 0 aliphatic carbocycles. The number of methoxy groups -OCH3 is 1. The van der Waals surface area contributed by atoms with Gasteiger partial charge >= 0.3 is 0 Å². The highest BCUT2D eigenvalue weighted by atomic mass is 127. The zero-order chi connectivity index (χ0) is 19.6. The summed E-state index contributed by atoms with van der Waals surface area (Å²) in [6, 6.07) is 16.3. The zero-order valence-corrected chi connectivity index (χ0v) is 19.9. The van der Waals surface area contributed by atoms with Crippen LogP contribution in [0, 0.1) is 0 Å². The molecule has 0 saturated carbocycles. The molecule has 2 aromatic heterocycles. The Bertz CT molecular complexity index is 881. The van der Waals surface area contributed by atoms with Crippen LogP contribution in [0.3, 0.4) is 0 Å². The third-order valence-corrected chi connectivity index (χ3v) is 5.14. The number of aliphatic imine (C=N–C) groups is 1. The van der Waals surface area contributed by atoms with E-state index in [9.17, 15) is 0 Å². The zero-order valence-electron chi connectivity index (χ0n) is 16.7. The largest absolute Gasteiger partial charge is 0.497 e. The first-order chi connectivity index (χ1) is 13.8. The second-order valence-corrected chi connectivity index (χ2v) is 7.22. The molecule has 0 aliphatic rings. The van der Waals surface area contributed by atoms with Gasteiger partial charge in [0, 0.05) is 36.3 Å². The molecular formula is C22H27IN4OS. The monoisotopic (exact) mass is 522 g/mol. The average molecular weight is 522 g/mol. The Hall–Kier alpha value is -2.13. The van der Waals surface area contributed by atoms with E-state index in [1.54, 1.807) is 18.4 Å². The van der Waals surface area contributed by atoms with E-state index in [-0.39, 0.29) is 24.0 Å². The lowest BCUT2D eigenvalue weighted by molar-refractivity contribution is 0.415. The molecule has 0 bridgehead atoms. The van der Waals surface area contributed by atoms with Gasteiger partial charge in [-0.15, -0.1) is 35.3 Å². The second-order valence-electron chi connectivity index (χ2n) is 6.22. The van der Waals surface area contributed by atoms with Gasteiger partial charge in [-0.1, -0.05) is 18.2 Å². The molecule has 3 rings (SSSR count). The molecule has 0 atom stereocenters. The standard InChI is InChI=1S/C22H26N4OS.HI/c1-3-23-22(25-13-11-19-6-4-5-12-24-19)26-15-21-14-18(16-28-21)17-7-9-20(27-2)10-8-17;/h4-10,12,14,16H,3,11,13,15H2,1-2H3,(H2,23,25,26);1H. The van der Waals surface area contributed by atoms with Gasteiger partial charge in [-0.3, -0.25) is 4.98 Å². The van der Waals surface area contributed by atoms with Crippen LogP contribution in [-0.2, 0) is 13.0 Å². The second kappa shape index (κ2) is 12.4. The molecule has 0 spiro atoms. The number of aromatic nitrogens is 1. The topological polar surface area (TPSA) is 58.5 Å². The predicted molar refractivity (Wildman–Crippen MR) is 132 cm³/mol. The Morgan fingerprint density at radius 2 is 1.93 bits per heavy atom. The van der Waals surface area contributed by atoms with Crippen LogP contribution in [-0.4, -0.2) is 31.1 Å². The lowest BCUT2D eigenvalue weighted by atomic mass is 10.1. The fourth-order valence-corrected chi connectivity index (χ4v) is 3.57. The number of nitrogens with zero attached hydrogens (tertiary/aromatic N) is 2. The molecule has 2 N–H and O–H groups in total. The summed E-state index contributed by atoms with van der Waals surface area (Å²) >= 11 is 1.73. The van der Waals surface area contributed by atoms with Crippen LogP contribution in [0.15, 0.2) is 65.1 Å². The van der Waals surface area contributed by atoms with E-state index in [1.807, 2.05) is 36.5 Å². The summed E-state index contributed by atoms with van der Waals surface area (Å²) in [4.78, 5) is 10.3. The fraction of sp³-hybridized carbons (Fsp3) is 0.273. The Labute approximate surface area is 193 Å². The van der Waals surface area contributed by atoms with Gasteiger partial charge in [-0.25, -0.2) is 4.99 Å². The number of guanidine groups is 1. The molecule has 0 aliphatic heterocycles. The number of ether oxygens (including phenoxy) is 1. The van der Waals surface area contributed by atoms with Gasteiger partial charge in [0.2, 0.25) is 0 Å². The van der Waals surface area contributed by atoms with Gasteiger partial charge in [0.05, 0.1) is 13.7 Å². The summed E-state index contributed by atoms with van der Waals surface area (Å²) in [6.07, 6.45) is 2.69. The summed E-state index contributed by atoms with van der Waals surface area (Å²) in [7, 11) is 1.68. The van der Waals surface area contributed by atoms with Crippen LogP contribution < -0.4 is 15.4 Å². The van der Waals surface area contributed by atoms with Crippen LogP contribution in [0.5, 0.6) is 5.75 Å². The summed E-state index contributed by atoms with van der Waals surface area (Å²) < 4.78 is 5.23. The number of benzene rings is 1. The molecular weight excluding hydrogens is 495 g/mol. The lowest BCUT2D eigenvalue weighted by Crippen LogP contribution is -2.38. The molecule has 7 heteroatoms. The maximum absolute atomic E-state index is 5.23. The molecule has 0 saturated heterocycles. The van der Waals surface area contributed by atoms with Crippen molar-refractivity contribution in [2.45, 2.75) is 19.9 Å². The Kier molecular flexibility index (Phi) is 9.93. The van der Waals surface area contributed by atoms with Crippen LogP contribution in [0.1, 0.15) is 17.5 Å². The fourth-order valence-electron chi connectivity index (χ4n) is 2.75. The van der Waals surface area contributed by atoms with Crippen molar-refractivity contribution in [3.05, 3.63) is 70.7 Å². The molecule has 154 valence electrons. The number of hydrogen-bond acceptors (Lipinski definition) is 4. The molecule has 0 amide bonds. The third kappa shape index (κ3) is 7.32. The molecule has 29 heavy (non-hydrogen) atoms. The number of hydrogen-bond donors (Lipinski definition) is 2. The lowest BCUT2D eigenvalue weighted by Gasteiger charge is -2.10.